The van der Waals surface area contributed by atoms with Crippen molar-refractivity contribution in [3.63, 3.8) is 0 Å². The highest BCUT2D eigenvalue weighted by Crippen LogP contribution is 2.31. The van der Waals surface area contributed by atoms with Gasteiger partial charge >= 0.3 is 0 Å². The van der Waals surface area contributed by atoms with Gasteiger partial charge in [0, 0.05) is 11.5 Å². The van der Waals surface area contributed by atoms with Crippen molar-refractivity contribution in [1.82, 2.24) is 0 Å². The summed E-state index contributed by atoms with van der Waals surface area (Å²) >= 11 is 3.62. The van der Waals surface area contributed by atoms with E-state index >= 15 is 0 Å². The van der Waals surface area contributed by atoms with Gasteiger partial charge in [-0.3, -0.25) is 0 Å². The summed E-state index contributed by atoms with van der Waals surface area (Å²) < 4.78 is 38.8. The van der Waals surface area contributed by atoms with Crippen LogP contribution in [0.25, 0.3) is 17.0 Å². The number of ether oxygens (including phenoxy) is 1. The molecule has 32 heavy (non-hydrogen) atoms. The minimum absolute atomic E-state index is 0.272. The molecule has 3 rings (SSSR count). The lowest BCUT2D eigenvalue weighted by atomic mass is 10.1. The first-order valence-corrected chi connectivity index (χ1v) is 14.1. The lowest BCUT2D eigenvalue weighted by Gasteiger charge is -2.12. The predicted molar refractivity (Wildman–Crippen MR) is 140 cm³/mol. The number of furan rings is 1. The monoisotopic (exact) mass is 540 g/mol. The number of unbranched alkanes of at least 4 members (excludes halogenated alkanes) is 3. The van der Waals surface area contributed by atoms with Crippen molar-refractivity contribution in [2.24, 2.45) is 0 Å². The summed E-state index contributed by atoms with van der Waals surface area (Å²) in [5.41, 5.74) is 2.00. The Bertz CT molecular complexity index is 1010. The Balaban J connectivity index is 0.000000534. The molecule has 0 saturated heterocycles. The summed E-state index contributed by atoms with van der Waals surface area (Å²) in [5, 5.41) is 0.961. The Hall–Kier alpha value is -1.41. The topological polar surface area (TPSA) is 45.4 Å². The third-order valence-electron chi connectivity index (χ3n) is 4.68. The fraction of sp³-hybridized carbons (Fsp3) is 0.360. The van der Waals surface area contributed by atoms with E-state index in [2.05, 4.69) is 29.8 Å². The van der Waals surface area contributed by atoms with Crippen LogP contribution in [0.5, 0.6) is 5.75 Å². The summed E-state index contributed by atoms with van der Waals surface area (Å²) in [6, 6.07) is 10.4. The minimum atomic E-state index is -1.19. The SMILES string of the molecule is CCCCCC.CSC(=Cc1c(F)cccc1OCc1cc(Br)c2occc2c1)[S+](C)[O-]. The Labute approximate surface area is 206 Å². The predicted octanol–water partition coefficient (Wildman–Crippen LogP) is 8.54. The number of hydrogen-bond acceptors (Lipinski definition) is 4. The molecule has 0 spiro atoms. The molecule has 2 aromatic carbocycles. The molecule has 0 radical (unpaired) electrons. The van der Waals surface area contributed by atoms with Crippen LogP contribution in [-0.2, 0) is 17.8 Å². The van der Waals surface area contributed by atoms with Crippen molar-refractivity contribution >= 4 is 55.9 Å². The molecule has 0 saturated carbocycles. The molecule has 3 nitrogen and oxygen atoms in total. The highest BCUT2D eigenvalue weighted by molar-refractivity contribution is 9.10. The molecule has 0 amide bonds. The van der Waals surface area contributed by atoms with Crippen molar-refractivity contribution in [2.45, 2.75) is 46.1 Å². The van der Waals surface area contributed by atoms with Gasteiger partial charge < -0.3 is 13.7 Å². The fourth-order valence-electron chi connectivity index (χ4n) is 3.00. The van der Waals surface area contributed by atoms with Gasteiger partial charge in [0.2, 0.25) is 0 Å². The molecular weight excluding hydrogens is 511 g/mol. The smallest absolute Gasteiger partial charge is 0.186 e. The van der Waals surface area contributed by atoms with Crippen molar-refractivity contribution in [2.75, 3.05) is 12.5 Å². The first-order valence-electron chi connectivity index (χ1n) is 10.6. The minimum Gasteiger partial charge on any atom is -0.611 e. The van der Waals surface area contributed by atoms with E-state index in [1.807, 2.05) is 24.5 Å². The van der Waals surface area contributed by atoms with Crippen LogP contribution in [0.2, 0.25) is 0 Å². The zero-order valence-corrected chi connectivity index (χ0v) is 22.2. The number of benzene rings is 2. The lowest BCUT2D eigenvalue weighted by Crippen LogP contribution is -2.01. The second-order valence-corrected chi connectivity index (χ2v) is 10.5. The van der Waals surface area contributed by atoms with Crippen molar-refractivity contribution < 1.29 is 18.1 Å². The molecule has 7 heteroatoms. The molecule has 0 N–H and O–H groups in total. The van der Waals surface area contributed by atoms with Gasteiger partial charge in [0.05, 0.1) is 16.3 Å². The van der Waals surface area contributed by atoms with E-state index in [4.69, 9.17) is 9.15 Å². The molecule has 0 aliphatic heterocycles. The Morgan fingerprint density at radius 2 is 1.94 bits per heavy atom. The molecule has 1 unspecified atom stereocenters. The van der Waals surface area contributed by atoms with E-state index in [-0.39, 0.29) is 6.61 Å². The van der Waals surface area contributed by atoms with Gasteiger partial charge in [0.25, 0.3) is 0 Å². The Morgan fingerprint density at radius 3 is 2.56 bits per heavy atom. The highest BCUT2D eigenvalue weighted by Gasteiger charge is 2.14. The molecule has 1 aromatic heterocycles. The van der Waals surface area contributed by atoms with E-state index in [1.54, 1.807) is 30.7 Å². The summed E-state index contributed by atoms with van der Waals surface area (Å²) in [4.78, 5) is 0. The standard InChI is InChI=1S/C19H16BrFO3S2.C6H14/c1-25-18(26(2)22)10-14-16(21)4-3-5-17(14)24-11-12-8-13-6-7-23-19(13)15(20)9-12;1-3-5-6-4-2/h3-10H,11H2,1-2H3;3-6H2,1-2H3. The van der Waals surface area contributed by atoms with Crippen molar-refractivity contribution in [3.8, 4) is 5.75 Å². The van der Waals surface area contributed by atoms with Crippen LogP contribution >= 0.6 is 27.7 Å². The maximum Gasteiger partial charge on any atom is 0.186 e. The third-order valence-corrected chi connectivity index (χ3v) is 7.67. The van der Waals surface area contributed by atoms with Crippen LogP contribution in [0, 0.1) is 5.82 Å². The largest absolute Gasteiger partial charge is 0.611 e. The van der Waals surface area contributed by atoms with Crippen LogP contribution < -0.4 is 4.74 Å². The quantitative estimate of drug-likeness (QED) is 0.201. The normalized spacial score (nSPS) is 12.4. The summed E-state index contributed by atoms with van der Waals surface area (Å²) in [6.45, 7) is 4.74. The molecule has 3 aromatic rings. The first kappa shape index (κ1) is 26.8. The van der Waals surface area contributed by atoms with Crippen molar-refractivity contribution in [3.05, 3.63) is 68.3 Å². The number of fused-ring (bicyclic) bond motifs is 1. The summed E-state index contributed by atoms with van der Waals surface area (Å²) in [6.07, 6.45) is 12.1. The maximum atomic E-state index is 14.3. The first-order chi connectivity index (χ1) is 15.4. The van der Waals surface area contributed by atoms with Crippen LogP contribution in [0.15, 0.2) is 55.8 Å². The number of rotatable bonds is 9. The van der Waals surface area contributed by atoms with E-state index in [9.17, 15) is 8.94 Å². The van der Waals surface area contributed by atoms with Gasteiger partial charge in [0.15, 0.2) is 4.24 Å². The zero-order valence-electron chi connectivity index (χ0n) is 19.0. The van der Waals surface area contributed by atoms with Gasteiger partial charge in [-0.05, 0) is 69.3 Å². The molecule has 0 bridgehead atoms. The average molecular weight is 542 g/mol. The van der Waals surface area contributed by atoms with Gasteiger partial charge in [-0.2, -0.15) is 0 Å². The molecule has 1 atom stereocenters. The fourth-order valence-corrected chi connectivity index (χ4v) is 5.08. The Morgan fingerprint density at radius 1 is 1.22 bits per heavy atom. The molecule has 0 fully saturated rings. The van der Waals surface area contributed by atoms with E-state index < -0.39 is 17.0 Å². The van der Waals surface area contributed by atoms with E-state index in [0.29, 0.717) is 15.6 Å². The van der Waals surface area contributed by atoms with Gasteiger partial charge in [-0.25, -0.2) is 4.39 Å². The lowest BCUT2D eigenvalue weighted by molar-refractivity contribution is 0.304. The van der Waals surface area contributed by atoms with E-state index in [1.165, 1.54) is 43.5 Å². The average Bonchev–Trinajstić information content (AvgIpc) is 3.25. The van der Waals surface area contributed by atoms with Crippen LogP contribution in [0.4, 0.5) is 4.39 Å². The van der Waals surface area contributed by atoms with Gasteiger partial charge in [-0.1, -0.05) is 57.4 Å². The molecule has 174 valence electrons. The zero-order chi connectivity index (χ0) is 23.5. The molecular formula is C25H30BrFO3S2. The second kappa shape index (κ2) is 14.0. The molecule has 1 heterocycles. The molecule has 0 aliphatic carbocycles. The summed E-state index contributed by atoms with van der Waals surface area (Å²) in [7, 11) is 0. The molecule has 0 aliphatic rings. The van der Waals surface area contributed by atoms with Gasteiger partial charge in [0.1, 0.15) is 30.0 Å². The van der Waals surface area contributed by atoms with Crippen LogP contribution in [0.3, 0.4) is 0 Å². The third kappa shape index (κ3) is 7.87. The number of halogens is 2. The van der Waals surface area contributed by atoms with Crippen LogP contribution in [0.1, 0.15) is 50.7 Å². The summed E-state index contributed by atoms with van der Waals surface area (Å²) in [5.74, 6) is -0.00335. The van der Waals surface area contributed by atoms with Crippen molar-refractivity contribution in [1.29, 1.82) is 0 Å². The number of thioether (sulfide) groups is 1. The number of hydrogen-bond donors (Lipinski definition) is 0. The highest BCUT2D eigenvalue weighted by atomic mass is 79.9. The van der Waals surface area contributed by atoms with Gasteiger partial charge in [-0.15, -0.1) is 0 Å². The van der Waals surface area contributed by atoms with E-state index in [0.717, 1.165) is 21.0 Å². The second-order valence-electron chi connectivity index (χ2n) is 7.19. The Kier molecular flexibility index (Phi) is 11.7. The van der Waals surface area contributed by atoms with Crippen LogP contribution in [-0.4, -0.2) is 17.1 Å². The maximum absolute atomic E-state index is 14.3.